The monoisotopic (exact) mass is 258 g/mol. The van der Waals surface area contributed by atoms with Crippen LogP contribution < -0.4 is 10.6 Å². The molecule has 5 nitrogen and oxygen atoms in total. The van der Waals surface area contributed by atoms with E-state index in [-0.39, 0.29) is 17.6 Å². The molecular formula is C14H14N2O3. The Morgan fingerprint density at radius 1 is 1.16 bits per heavy atom. The molecule has 0 saturated carbocycles. The maximum absolute atomic E-state index is 11.7. The predicted octanol–water partition coefficient (Wildman–Crippen LogP) is 1.82. The van der Waals surface area contributed by atoms with Crippen LogP contribution in [0.15, 0.2) is 47.1 Å². The number of furan rings is 1. The fraction of sp³-hybridized carbons (Fsp3) is 0.143. The molecule has 2 rings (SSSR count). The first-order chi connectivity index (χ1) is 9.19. The summed E-state index contributed by atoms with van der Waals surface area (Å²) in [6, 6.07) is 10.3. The first kappa shape index (κ1) is 12.9. The molecule has 0 aliphatic carbocycles. The summed E-state index contributed by atoms with van der Waals surface area (Å²) in [5.74, 6) is -0.0918. The summed E-state index contributed by atoms with van der Waals surface area (Å²) >= 11 is 0. The molecule has 2 amide bonds. The van der Waals surface area contributed by atoms with E-state index in [0.29, 0.717) is 12.1 Å². The predicted molar refractivity (Wildman–Crippen MR) is 70.9 cm³/mol. The van der Waals surface area contributed by atoms with Gasteiger partial charge in [-0.25, -0.2) is 0 Å². The number of hydrogen-bond donors (Lipinski definition) is 2. The Labute approximate surface area is 110 Å². The minimum Gasteiger partial charge on any atom is -0.459 e. The van der Waals surface area contributed by atoms with Crippen molar-refractivity contribution in [1.29, 1.82) is 0 Å². The van der Waals surface area contributed by atoms with E-state index in [0.717, 1.165) is 5.56 Å². The average molecular weight is 258 g/mol. The summed E-state index contributed by atoms with van der Waals surface area (Å²) in [7, 11) is 1.60. The van der Waals surface area contributed by atoms with Crippen molar-refractivity contribution in [2.45, 2.75) is 6.42 Å². The molecule has 0 radical (unpaired) electrons. The number of nitrogens with one attached hydrogen (secondary N) is 2. The Morgan fingerprint density at radius 3 is 2.47 bits per heavy atom. The quantitative estimate of drug-likeness (QED) is 0.878. The van der Waals surface area contributed by atoms with Crippen LogP contribution in [0.25, 0.3) is 0 Å². The average Bonchev–Trinajstić information content (AvgIpc) is 2.95. The maximum Gasteiger partial charge on any atom is 0.291 e. The smallest absolute Gasteiger partial charge is 0.291 e. The highest BCUT2D eigenvalue weighted by Crippen LogP contribution is 2.12. The third-order valence-corrected chi connectivity index (χ3v) is 2.60. The molecular weight excluding hydrogens is 244 g/mol. The van der Waals surface area contributed by atoms with Crippen molar-refractivity contribution in [2.75, 3.05) is 12.4 Å². The van der Waals surface area contributed by atoms with Crippen molar-refractivity contribution in [2.24, 2.45) is 0 Å². The van der Waals surface area contributed by atoms with Crippen molar-refractivity contribution in [3.05, 3.63) is 54.0 Å². The molecule has 1 aromatic heterocycles. The minimum absolute atomic E-state index is 0.0487. The van der Waals surface area contributed by atoms with Gasteiger partial charge in [0.15, 0.2) is 5.76 Å². The lowest BCUT2D eigenvalue weighted by Gasteiger charge is -2.05. The van der Waals surface area contributed by atoms with E-state index in [1.807, 2.05) is 0 Å². The van der Waals surface area contributed by atoms with Gasteiger partial charge in [-0.15, -0.1) is 0 Å². The minimum atomic E-state index is -0.302. The maximum atomic E-state index is 11.7. The molecule has 2 N–H and O–H groups in total. The lowest BCUT2D eigenvalue weighted by atomic mass is 10.1. The van der Waals surface area contributed by atoms with Crippen LogP contribution in [-0.2, 0) is 11.2 Å². The number of benzene rings is 1. The van der Waals surface area contributed by atoms with Gasteiger partial charge >= 0.3 is 0 Å². The number of hydrogen-bond acceptors (Lipinski definition) is 3. The summed E-state index contributed by atoms with van der Waals surface area (Å²) in [4.78, 5) is 22.9. The second-order valence-corrected chi connectivity index (χ2v) is 3.98. The van der Waals surface area contributed by atoms with Gasteiger partial charge in [-0.3, -0.25) is 9.59 Å². The zero-order valence-corrected chi connectivity index (χ0v) is 10.5. The fourth-order valence-corrected chi connectivity index (χ4v) is 1.58. The second-order valence-electron chi connectivity index (χ2n) is 3.98. The molecule has 1 heterocycles. The van der Waals surface area contributed by atoms with E-state index < -0.39 is 0 Å². The van der Waals surface area contributed by atoms with E-state index in [2.05, 4.69) is 10.6 Å². The Hall–Kier alpha value is -2.56. The highest BCUT2D eigenvalue weighted by Gasteiger charge is 2.08. The van der Waals surface area contributed by atoms with Crippen LogP contribution in [0.4, 0.5) is 5.69 Å². The van der Waals surface area contributed by atoms with Crippen LogP contribution in [-0.4, -0.2) is 18.9 Å². The van der Waals surface area contributed by atoms with Crippen molar-refractivity contribution in [1.82, 2.24) is 5.32 Å². The second kappa shape index (κ2) is 5.86. The van der Waals surface area contributed by atoms with Gasteiger partial charge < -0.3 is 15.1 Å². The lowest BCUT2D eigenvalue weighted by molar-refractivity contribution is -0.119. The first-order valence-corrected chi connectivity index (χ1v) is 5.83. The molecule has 0 atom stereocenters. The third kappa shape index (κ3) is 3.45. The molecule has 0 spiro atoms. The normalized spacial score (nSPS) is 9.95. The van der Waals surface area contributed by atoms with E-state index in [1.54, 1.807) is 43.4 Å². The summed E-state index contributed by atoms with van der Waals surface area (Å²) in [6.45, 7) is 0. The molecule has 98 valence electrons. The van der Waals surface area contributed by atoms with Crippen LogP contribution in [0.2, 0.25) is 0 Å². The summed E-state index contributed by atoms with van der Waals surface area (Å²) < 4.78 is 4.99. The van der Waals surface area contributed by atoms with Gasteiger partial charge in [-0.2, -0.15) is 0 Å². The topological polar surface area (TPSA) is 71.3 Å². The van der Waals surface area contributed by atoms with Crippen LogP contribution in [0, 0.1) is 0 Å². The summed E-state index contributed by atoms with van der Waals surface area (Å²) in [5, 5.41) is 5.26. The summed E-state index contributed by atoms with van der Waals surface area (Å²) in [6.07, 6.45) is 1.77. The zero-order valence-electron chi connectivity index (χ0n) is 10.5. The zero-order chi connectivity index (χ0) is 13.7. The molecule has 0 aliphatic heterocycles. The van der Waals surface area contributed by atoms with Gasteiger partial charge in [-0.1, -0.05) is 12.1 Å². The summed E-state index contributed by atoms with van der Waals surface area (Å²) in [5.41, 5.74) is 1.54. The number of amides is 2. The SMILES string of the molecule is CNC(=O)Cc1ccc(NC(=O)c2ccco2)cc1. The van der Waals surface area contributed by atoms with Gasteiger partial charge in [0.2, 0.25) is 5.91 Å². The van der Waals surface area contributed by atoms with Crippen LogP contribution in [0.3, 0.4) is 0 Å². The highest BCUT2D eigenvalue weighted by molar-refractivity contribution is 6.02. The first-order valence-electron chi connectivity index (χ1n) is 5.83. The van der Waals surface area contributed by atoms with Crippen molar-refractivity contribution in [3.63, 3.8) is 0 Å². The number of carbonyl (C=O) groups excluding carboxylic acids is 2. The molecule has 19 heavy (non-hydrogen) atoms. The van der Waals surface area contributed by atoms with E-state index in [4.69, 9.17) is 4.42 Å². The molecule has 0 fully saturated rings. The van der Waals surface area contributed by atoms with Crippen molar-refractivity contribution < 1.29 is 14.0 Å². The number of rotatable bonds is 4. The Kier molecular flexibility index (Phi) is 3.97. The molecule has 0 aliphatic rings. The third-order valence-electron chi connectivity index (χ3n) is 2.60. The fourth-order valence-electron chi connectivity index (χ4n) is 1.58. The Balaban J connectivity index is 1.99. The van der Waals surface area contributed by atoms with Crippen LogP contribution in [0.5, 0.6) is 0 Å². The van der Waals surface area contributed by atoms with Crippen LogP contribution >= 0.6 is 0 Å². The lowest BCUT2D eigenvalue weighted by Crippen LogP contribution is -2.19. The van der Waals surface area contributed by atoms with Gasteiger partial charge in [0.25, 0.3) is 5.91 Å². The number of anilines is 1. The molecule has 0 saturated heterocycles. The van der Waals surface area contributed by atoms with Crippen molar-refractivity contribution >= 4 is 17.5 Å². The molecule has 2 aromatic rings. The Bertz CT molecular complexity index is 559. The number of likely N-dealkylation sites (N-methyl/N-ethyl adjacent to an activating group) is 1. The van der Waals surface area contributed by atoms with Gasteiger partial charge in [0, 0.05) is 12.7 Å². The Morgan fingerprint density at radius 2 is 1.89 bits per heavy atom. The molecule has 0 unspecified atom stereocenters. The van der Waals surface area contributed by atoms with Gasteiger partial charge in [0.05, 0.1) is 12.7 Å². The van der Waals surface area contributed by atoms with Crippen molar-refractivity contribution in [3.8, 4) is 0 Å². The van der Waals surface area contributed by atoms with Gasteiger partial charge in [-0.05, 0) is 29.8 Å². The number of carbonyl (C=O) groups is 2. The highest BCUT2D eigenvalue weighted by atomic mass is 16.3. The van der Waals surface area contributed by atoms with E-state index in [1.165, 1.54) is 6.26 Å². The van der Waals surface area contributed by atoms with Crippen LogP contribution in [0.1, 0.15) is 16.1 Å². The van der Waals surface area contributed by atoms with E-state index in [9.17, 15) is 9.59 Å². The molecule has 1 aromatic carbocycles. The molecule has 5 heteroatoms. The largest absolute Gasteiger partial charge is 0.459 e. The van der Waals surface area contributed by atoms with E-state index >= 15 is 0 Å². The standard InChI is InChI=1S/C14H14N2O3/c1-15-13(17)9-10-4-6-11(7-5-10)16-14(18)12-3-2-8-19-12/h2-8H,9H2,1H3,(H,15,17)(H,16,18). The van der Waals surface area contributed by atoms with Gasteiger partial charge in [0.1, 0.15) is 0 Å². The molecule has 0 bridgehead atoms.